The number of nitrogens with two attached hydrogens (primary N) is 1. The van der Waals surface area contributed by atoms with Gasteiger partial charge in [-0.05, 0) is 55.3 Å². The van der Waals surface area contributed by atoms with Gasteiger partial charge in [0.15, 0.2) is 5.96 Å². The molecule has 1 unspecified atom stereocenters. The average molecular weight is 354 g/mol. The molecule has 6 heteroatoms. The van der Waals surface area contributed by atoms with E-state index in [0.717, 1.165) is 23.4 Å². The van der Waals surface area contributed by atoms with Gasteiger partial charge in [0.1, 0.15) is 5.75 Å². The predicted molar refractivity (Wildman–Crippen MR) is 106 cm³/mol. The molecule has 26 heavy (non-hydrogen) atoms. The van der Waals surface area contributed by atoms with Crippen molar-refractivity contribution in [1.82, 2.24) is 5.32 Å². The molecule has 0 radical (unpaired) electrons. The van der Waals surface area contributed by atoms with Gasteiger partial charge in [-0.25, -0.2) is 4.99 Å². The van der Waals surface area contributed by atoms with Crippen LogP contribution in [0.25, 0.3) is 0 Å². The van der Waals surface area contributed by atoms with Crippen molar-refractivity contribution in [1.29, 1.82) is 0 Å². The highest BCUT2D eigenvalue weighted by molar-refractivity contribution is 5.94. The molecule has 2 aromatic rings. The van der Waals surface area contributed by atoms with Crippen LogP contribution in [0.2, 0.25) is 0 Å². The molecule has 0 saturated heterocycles. The Labute approximate surface area is 154 Å². The Hall–Kier alpha value is -3.02. The van der Waals surface area contributed by atoms with Crippen LogP contribution in [0.4, 0.5) is 5.69 Å². The van der Waals surface area contributed by atoms with Gasteiger partial charge in [-0.2, -0.15) is 0 Å². The molecule has 1 atom stereocenters. The Bertz CT molecular complexity index is 739. The first-order valence-corrected chi connectivity index (χ1v) is 8.62. The van der Waals surface area contributed by atoms with Gasteiger partial charge >= 0.3 is 0 Å². The monoisotopic (exact) mass is 354 g/mol. The summed E-state index contributed by atoms with van der Waals surface area (Å²) in [6.45, 7) is 4.46. The maximum atomic E-state index is 12.1. The van der Waals surface area contributed by atoms with E-state index in [1.165, 1.54) is 0 Å². The molecule has 0 aromatic heterocycles. The van der Waals surface area contributed by atoms with E-state index in [1.807, 2.05) is 50.2 Å². The van der Waals surface area contributed by atoms with Crippen molar-refractivity contribution in [3.63, 3.8) is 0 Å². The summed E-state index contributed by atoms with van der Waals surface area (Å²) in [7, 11) is 1.62. The molecule has 0 heterocycles. The Morgan fingerprint density at radius 3 is 2.38 bits per heavy atom. The van der Waals surface area contributed by atoms with Crippen LogP contribution in [0.3, 0.4) is 0 Å². The highest BCUT2D eigenvalue weighted by atomic mass is 16.5. The summed E-state index contributed by atoms with van der Waals surface area (Å²) in [4.78, 5) is 16.4. The van der Waals surface area contributed by atoms with E-state index < -0.39 is 0 Å². The van der Waals surface area contributed by atoms with Crippen LogP contribution < -0.4 is 21.1 Å². The van der Waals surface area contributed by atoms with Gasteiger partial charge in [-0.3, -0.25) is 4.79 Å². The molecular formula is C20H26N4O2. The molecule has 138 valence electrons. The van der Waals surface area contributed by atoms with Crippen molar-refractivity contribution in [2.75, 3.05) is 12.4 Å². The number of rotatable bonds is 7. The minimum absolute atomic E-state index is 0.0601. The summed E-state index contributed by atoms with van der Waals surface area (Å²) < 4.78 is 5.12. The lowest BCUT2D eigenvalue weighted by Gasteiger charge is -2.11. The Morgan fingerprint density at radius 2 is 1.81 bits per heavy atom. The number of anilines is 1. The van der Waals surface area contributed by atoms with Crippen molar-refractivity contribution in [3.8, 4) is 5.75 Å². The van der Waals surface area contributed by atoms with Gasteiger partial charge in [-0.1, -0.05) is 19.1 Å². The van der Waals surface area contributed by atoms with E-state index >= 15 is 0 Å². The molecule has 6 nitrogen and oxygen atoms in total. The highest BCUT2D eigenvalue weighted by Gasteiger charge is 2.08. The normalized spacial score (nSPS) is 12.3. The number of carbonyl (C=O) groups excluding carboxylic acids is 1. The van der Waals surface area contributed by atoms with Gasteiger partial charge in [0.25, 0.3) is 5.91 Å². The van der Waals surface area contributed by atoms with Crippen LogP contribution in [0.15, 0.2) is 53.5 Å². The first kappa shape index (κ1) is 19.3. The molecule has 0 aliphatic carbocycles. The number of nitrogens with zero attached hydrogens (tertiary/aromatic N) is 1. The first-order chi connectivity index (χ1) is 12.5. The van der Waals surface area contributed by atoms with Crippen molar-refractivity contribution in [3.05, 3.63) is 59.7 Å². The van der Waals surface area contributed by atoms with Crippen molar-refractivity contribution in [2.24, 2.45) is 10.7 Å². The third-order valence-electron chi connectivity index (χ3n) is 4.00. The van der Waals surface area contributed by atoms with E-state index in [1.54, 1.807) is 19.2 Å². The molecular weight excluding hydrogens is 328 g/mol. The minimum Gasteiger partial charge on any atom is -0.497 e. The third kappa shape index (κ3) is 5.81. The first-order valence-electron chi connectivity index (χ1n) is 8.62. The Morgan fingerprint density at radius 1 is 1.15 bits per heavy atom. The van der Waals surface area contributed by atoms with Crippen molar-refractivity contribution in [2.45, 2.75) is 32.9 Å². The standard InChI is InChI=1S/C20H26N4O2/c1-4-14(2)23-19(25)16-7-5-15(6-8-16)13-22-20(21)24-17-9-11-18(26-3)12-10-17/h5-12,14H,4,13H2,1-3H3,(H,23,25)(H3,21,22,24). The largest absolute Gasteiger partial charge is 0.497 e. The van der Waals surface area contributed by atoms with Gasteiger partial charge in [0, 0.05) is 17.3 Å². The zero-order valence-corrected chi connectivity index (χ0v) is 15.5. The number of aliphatic imine (C=N–C) groups is 1. The number of benzene rings is 2. The summed E-state index contributed by atoms with van der Waals surface area (Å²) in [5.41, 5.74) is 8.37. The summed E-state index contributed by atoms with van der Waals surface area (Å²) in [5, 5.41) is 5.97. The highest BCUT2D eigenvalue weighted by Crippen LogP contribution is 2.14. The Kier molecular flexibility index (Phi) is 7.02. The van der Waals surface area contributed by atoms with E-state index in [9.17, 15) is 4.79 Å². The number of nitrogens with one attached hydrogen (secondary N) is 2. The van der Waals surface area contributed by atoms with Crippen LogP contribution in [0.5, 0.6) is 5.75 Å². The molecule has 1 amide bonds. The minimum atomic E-state index is -0.0601. The zero-order chi connectivity index (χ0) is 18.9. The number of carbonyl (C=O) groups is 1. The Balaban J connectivity index is 1.91. The van der Waals surface area contributed by atoms with Crippen LogP contribution in [-0.2, 0) is 6.54 Å². The van der Waals surface area contributed by atoms with Crippen molar-refractivity contribution >= 4 is 17.6 Å². The fourth-order valence-electron chi connectivity index (χ4n) is 2.21. The van der Waals surface area contributed by atoms with Gasteiger partial charge in [0.05, 0.1) is 13.7 Å². The fraction of sp³-hybridized carbons (Fsp3) is 0.300. The molecule has 4 N–H and O–H groups in total. The summed E-state index contributed by atoms with van der Waals surface area (Å²) >= 11 is 0. The molecule has 0 saturated carbocycles. The van der Waals surface area contributed by atoms with Gasteiger partial charge < -0.3 is 21.1 Å². The number of hydrogen-bond acceptors (Lipinski definition) is 3. The second-order valence-electron chi connectivity index (χ2n) is 6.03. The summed E-state index contributed by atoms with van der Waals surface area (Å²) in [6.07, 6.45) is 0.902. The summed E-state index contributed by atoms with van der Waals surface area (Å²) in [6, 6.07) is 15.0. The smallest absolute Gasteiger partial charge is 0.251 e. The molecule has 0 fully saturated rings. The van der Waals surface area contributed by atoms with E-state index in [2.05, 4.69) is 15.6 Å². The van der Waals surface area contributed by atoms with E-state index in [4.69, 9.17) is 10.5 Å². The lowest BCUT2D eigenvalue weighted by molar-refractivity contribution is 0.0939. The summed E-state index contributed by atoms with van der Waals surface area (Å²) in [5.74, 6) is 1.05. The lowest BCUT2D eigenvalue weighted by atomic mass is 10.1. The number of guanidine groups is 1. The maximum Gasteiger partial charge on any atom is 0.251 e. The third-order valence-corrected chi connectivity index (χ3v) is 4.00. The molecule has 2 aromatic carbocycles. The van der Waals surface area contributed by atoms with Crippen molar-refractivity contribution < 1.29 is 9.53 Å². The second kappa shape index (κ2) is 9.46. The van der Waals surface area contributed by atoms with E-state index in [-0.39, 0.29) is 11.9 Å². The van der Waals surface area contributed by atoms with Gasteiger partial charge in [-0.15, -0.1) is 0 Å². The number of methoxy groups -OCH3 is 1. The number of amides is 1. The van der Waals surface area contributed by atoms with Crippen LogP contribution in [0, 0.1) is 0 Å². The zero-order valence-electron chi connectivity index (χ0n) is 15.5. The van der Waals surface area contributed by atoms with Crippen LogP contribution >= 0.6 is 0 Å². The SMILES string of the molecule is CCC(C)NC(=O)c1ccc(CN=C(N)Nc2ccc(OC)cc2)cc1. The van der Waals surface area contributed by atoms with Crippen LogP contribution in [-0.4, -0.2) is 25.0 Å². The quantitative estimate of drug-likeness (QED) is 0.526. The molecule has 2 rings (SSSR count). The number of ether oxygens (including phenoxy) is 1. The molecule has 0 spiro atoms. The number of hydrogen-bond donors (Lipinski definition) is 3. The van der Waals surface area contributed by atoms with E-state index in [0.29, 0.717) is 18.1 Å². The molecule has 0 aliphatic rings. The van der Waals surface area contributed by atoms with Crippen LogP contribution in [0.1, 0.15) is 36.2 Å². The maximum absolute atomic E-state index is 12.1. The lowest BCUT2D eigenvalue weighted by Crippen LogP contribution is -2.31. The second-order valence-corrected chi connectivity index (χ2v) is 6.03. The van der Waals surface area contributed by atoms with Gasteiger partial charge in [0.2, 0.25) is 0 Å². The predicted octanol–water partition coefficient (Wildman–Crippen LogP) is 3.15. The molecule has 0 bridgehead atoms. The average Bonchev–Trinajstić information content (AvgIpc) is 2.67. The molecule has 0 aliphatic heterocycles. The fourth-order valence-corrected chi connectivity index (χ4v) is 2.21. The topological polar surface area (TPSA) is 88.7 Å².